The molecule has 6 nitrogen and oxygen atoms in total. The van der Waals surface area contributed by atoms with Gasteiger partial charge in [0, 0.05) is 19.2 Å². The van der Waals surface area contributed by atoms with Gasteiger partial charge in [-0.25, -0.2) is 4.98 Å². The van der Waals surface area contributed by atoms with Crippen LogP contribution in [0.25, 0.3) is 0 Å². The maximum atomic E-state index is 11.1. The molecule has 2 N–H and O–H groups in total. The van der Waals surface area contributed by atoms with E-state index in [4.69, 9.17) is 0 Å². The molecular formula is C15H24N4O2. The summed E-state index contributed by atoms with van der Waals surface area (Å²) < 4.78 is 0. The van der Waals surface area contributed by atoms with Crippen molar-refractivity contribution < 1.29 is 4.92 Å². The third-order valence-electron chi connectivity index (χ3n) is 4.12. The summed E-state index contributed by atoms with van der Waals surface area (Å²) in [6.07, 6.45) is 4.88. The molecule has 0 radical (unpaired) electrons. The summed E-state index contributed by atoms with van der Waals surface area (Å²) >= 11 is 0. The molecule has 1 aliphatic rings. The first-order valence-corrected chi connectivity index (χ1v) is 7.73. The van der Waals surface area contributed by atoms with Gasteiger partial charge in [-0.2, -0.15) is 0 Å². The Morgan fingerprint density at radius 2 is 2.00 bits per heavy atom. The van der Waals surface area contributed by atoms with E-state index >= 15 is 0 Å². The van der Waals surface area contributed by atoms with Crippen molar-refractivity contribution in [1.82, 2.24) is 4.98 Å². The first-order valence-electron chi connectivity index (χ1n) is 7.73. The SMILES string of the molecule is CCNc1ccc([N+](=O)[O-])c(NCC2CCC(C)CC2)n1. The smallest absolute Gasteiger partial charge is 0.311 e. The molecule has 1 saturated carbocycles. The highest BCUT2D eigenvalue weighted by atomic mass is 16.6. The highest BCUT2D eigenvalue weighted by Gasteiger charge is 2.20. The zero-order chi connectivity index (χ0) is 15.2. The molecule has 116 valence electrons. The van der Waals surface area contributed by atoms with Gasteiger partial charge in [-0.3, -0.25) is 10.1 Å². The van der Waals surface area contributed by atoms with Gasteiger partial charge in [0.15, 0.2) is 0 Å². The number of nitrogens with one attached hydrogen (secondary N) is 2. The number of aromatic nitrogens is 1. The highest BCUT2D eigenvalue weighted by molar-refractivity contribution is 5.60. The van der Waals surface area contributed by atoms with Crippen LogP contribution in [0.15, 0.2) is 12.1 Å². The molecule has 0 aromatic carbocycles. The number of nitrogens with zero attached hydrogens (tertiary/aromatic N) is 2. The molecule has 1 fully saturated rings. The van der Waals surface area contributed by atoms with Crippen LogP contribution in [0.3, 0.4) is 0 Å². The summed E-state index contributed by atoms with van der Waals surface area (Å²) in [6.45, 7) is 5.76. The monoisotopic (exact) mass is 292 g/mol. The van der Waals surface area contributed by atoms with E-state index in [1.807, 2.05) is 6.92 Å². The van der Waals surface area contributed by atoms with E-state index in [0.29, 0.717) is 17.6 Å². The van der Waals surface area contributed by atoms with Crippen LogP contribution < -0.4 is 10.6 Å². The molecule has 1 aromatic heterocycles. The van der Waals surface area contributed by atoms with Crippen molar-refractivity contribution in [2.24, 2.45) is 11.8 Å². The summed E-state index contributed by atoms with van der Waals surface area (Å²) in [5, 5.41) is 17.4. The van der Waals surface area contributed by atoms with Gasteiger partial charge in [0.2, 0.25) is 5.82 Å². The quantitative estimate of drug-likeness (QED) is 0.618. The number of hydrogen-bond acceptors (Lipinski definition) is 5. The van der Waals surface area contributed by atoms with Crippen molar-refractivity contribution in [3.05, 3.63) is 22.2 Å². The second kappa shape index (κ2) is 7.24. The molecule has 2 rings (SSSR count). The van der Waals surface area contributed by atoms with Gasteiger partial charge in [0.25, 0.3) is 0 Å². The lowest BCUT2D eigenvalue weighted by Gasteiger charge is -2.26. The number of pyridine rings is 1. The maximum Gasteiger partial charge on any atom is 0.311 e. The Bertz CT molecular complexity index is 485. The van der Waals surface area contributed by atoms with Gasteiger partial charge < -0.3 is 10.6 Å². The van der Waals surface area contributed by atoms with Crippen molar-refractivity contribution in [1.29, 1.82) is 0 Å². The Kier molecular flexibility index (Phi) is 5.36. The molecule has 0 bridgehead atoms. The second-order valence-electron chi connectivity index (χ2n) is 5.86. The topological polar surface area (TPSA) is 80.1 Å². The summed E-state index contributed by atoms with van der Waals surface area (Å²) in [6, 6.07) is 3.16. The van der Waals surface area contributed by atoms with Crippen LogP contribution in [-0.4, -0.2) is 23.0 Å². The average Bonchev–Trinajstić information content (AvgIpc) is 2.47. The summed E-state index contributed by atoms with van der Waals surface area (Å²) in [4.78, 5) is 15.0. The van der Waals surface area contributed by atoms with Crippen LogP contribution in [0.5, 0.6) is 0 Å². The summed E-state index contributed by atoms with van der Waals surface area (Å²) in [5.74, 6) is 2.44. The van der Waals surface area contributed by atoms with Crippen LogP contribution in [0.1, 0.15) is 39.5 Å². The average molecular weight is 292 g/mol. The van der Waals surface area contributed by atoms with E-state index in [9.17, 15) is 10.1 Å². The van der Waals surface area contributed by atoms with Gasteiger partial charge in [-0.05, 0) is 37.7 Å². The van der Waals surface area contributed by atoms with Gasteiger partial charge in [0.05, 0.1) is 4.92 Å². The lowest BCUT2D eigenvalue weighted by Crippen LogP contribution is -2.21. The normalized spacial score (nSPS) is 21.8. The molecule has 0 aliphatic heterocycles. The fraction of sp³-hybridized carbons (Fsp3) is 0.667. The zero-order valence-electron chi connectivity index (χ0n) is 12.8. The Balaban J connectivity index is 2.02. The van der Waals surface area contributed by atoms with Gasteiger partial charge in [-0.15, -0.1) is 0 Å². The Morgan fingerprint density at radius 3 is 2.62 bits per heavy atom. The molecule has 21 heavy (non-hydrogen) atoms. The fourth-order valence-corrected chi connectivity index (χ4v) is 2.78. The van der Waals surface area contributed by atoms with Gasteiger partial charge >= 0.3 is 5.69 Å². The first kappa shape index (κ1) is 15.5. The molecule has 1 aliphatic carbocycles. The minimum absolute atomic E-state index is 0.0424. The molecular weight excluding hydrogens is 268 g/mol. The Morgan fingerprint density at radius 1 is 1.29 bits per heavy atom. The van der Waals surface area contributed by atoms with E-state index in [0.717, 1.165) is 19.0 Å². The van der Waals surface area contributed by atoms with Crippen LogP contribution in [0.4, 0.5) is 17.3 Å². The number of rotatable bonds is 6. The van der Waals surface area contributed by atoms with Crippen LogP contribution in [0.2, 0.25) is 0 Å². The molecule has 0 atom stereocenters. The van der Waals surface area contributed by atoms with Crippen molar-refractivity contribution in [3.8, 4) is 0 Å². The molecule has 1 heterocycles. The minimum atomic E-state index is -0.381. The fourth-order valence-electron chi connectivity index (χ4n) is 2.78. The Labute approximate surface area is 125 Å². The van der Waals surface area contributed by atoms with Crippen molar-refractivity contribution in [2.75, 3.05) is 23.7 Å². The second-order valence-corrected chi connectivity index (χ2v) is 5.86. The first-order chi connectivity index (χ1) is 10.1. The third-order valence-corrected chi connectivity index (χ3v) is 4.12. The Hall–Kier alpha value is -1.85. The highest BCUT2D eigenvalue weighted by Crippen LogP contribution is 2.30. The molecule has 1 aromatic rings. The predicted molar refractivity (Wildman–Crippen MR) is 84.7 cm³/mol. The van der Waals surface area contributed by atoms with Crippen molar-refractivity contribution in [3.63, 3.8) is 0 Å². The van der Waals surface area contributed by atoms with Crippen molar-refractivity contribution >= 4 is 17.3 Å². The van der Waals surface area contributed by atoms with E-state index in [1.54, 1.807) is 6.07 Å². The third kappa shape index (κ3) is 4.31. The van der Waals surface area contributed by atoms with Gasteiger partial charge in [-0.1, -0.05) is 19.8 Å². The number of nitro groups is 1. The number of hydrogen-bond donors (Lipinski definition) is 2. The van der Waals surface area contributed by atoms with E-state index in [-0.39, 0.29) is 10.6 Å². The van der Waals surface area contributed by atoms with E-state index in [1.165, 1.54) is 31.7 Å². The number of anilines is 2. The van der Waals surface area contributed by atoms with E-state index in [2.05, 4.69) is 22.5 Å². The van der Waals surface area contributed by atoms with Gasteiger partial charge in [0.1, 0.15) is 5.82 Å². The largest absolute Gasteiger partial charge is 0.370 e. The summed E-state index contributed by atoms with van der Waals surface area (Å²) in [5.41, 5.74) is 0.0424. The maximum absolute atomic E-state index is 11.1. The predicted octanol–water partition coefficient (Wildman–Crippen LogP) is 3.66. The molecule has 0 saturated heterocycles. The van der Waals surface area contributed by atoms with Crippen LogP contribution in [0, 0.1) is 22.0 Å². The molecule has 0 amide bonds. The van der Waals surface area contributed by atoms with Crippen LogP contribution in [-0.2, 0) is 0 Å². The molecule has 0 spiro atoms. The minimum Gasteiger partial charge on any atom is -0.370 e. The lowest BCUT2D eigenvalue weighted by molar-refractivity contribution is -0.384. The standard InChI is InChI=1S/C15H24N4O2/c1-3-16-14-9-8-13(19(20)21)15(18-14)17-10-12-6-4-11(2)5-7-12/h8-9,11-12H,3-7,10H2,1-2H3,(H2,16,17,18). The van der Waals surface area contributed by atoms with Crippen LogP contribution >= 0.6 is 0 Å². The molecule has 0 unspecified atom stereocenters. The summed E-state index contributed by atoms with van der Waals surface area (Å²) in [7, 11) is 0. The zero-order valence-corrected chi connectivity index (χ0v) is 12.8. The van der Waals surface area contributed by atoms with Crippen molar-refractivity contribution in [2.45, 2.75) is 39.5 Å². The lowest BCUT2D eigenvalue weighted by atomic mass is 9.83. The molecule has 6 heteroatoms. The van der Waals surface area contributed by atoms with E-state index < -0.39 is 0 Å².